The molecule has 0 aromatic heterocycles. The molecule has 33 heavy (non-hydrogen) atoms. The molecule has 0 N–H and O–H groups in total. The van der Waals surface area contributed by atoms with Crippen molar-refractivity contribution >= 4 is 45.1 Å². The Kier molecular flexibility index (Phi) is 7.44. The molecule has 0 spiro atoms. The van der Waals surface area contributed by atoms with Crippen LogP contribution in [-0.2, 0) is 24.4 Å². The molecule has 0 unspecified atom stereocenters. The molecule has 0 atom stereocenters. The third kappa shape index (κ3) is 5.55. The number of carbonyl (C=O) groups is 3. The lowest BCUT2D eigenvalue weighted by molar-refractivity contribution is -0.145. The summed E-state index contributed by atoms with van der Waals surface area (Å²) in [6.07, 6.45) is 1.32. The zero-order chi connectivity index (χ0) is 24.2. The van der Waals surface area contributed by atoms with Crippen LogP contribution in [0, 0.1) is 6.92 Å². The molecule has 2 aromatic rings. The number of ether oxygens (including phenoxy) is 2. The topological polar surface area (TPSA) is 116 Å². The maximum atomic E-state index is 12.8. The van der Waals surface area contributed by atoms with E-state index in [1.165, 1.54) is 37.5 Å². The highest BCUT2D eigenvalue weighted by Gasteiger charge is 2.37. The van der Waals surface area contributed by atoms with Crippen molar-refractivity contribution in [2.75, 3.05) is 20.3 Å². The van der Waals surface area contributed by atoms with Gasteiger partial charge in [-0.2, -0.15) is 8.42 Å². The minimum Gasteiger partial charge on any atom is -0.493 e. The van der Waals surface area contributed by atoms with Crippen molar-refractivity contribution in [3.63, 3.8) is 0 Å². The first-order valence-electron chi connectivity index (χ1n) is 9.75. The van der Waals surface area contributed by atoms with Crippen LogP contribution >= 0.6 is 11.8 Å². The van der Waals surface area contributed by atoms with E-state index in [2.05, 4.69) is 0 Å². The lowest BCUT2D eigenvalue weighted by Gasteiger charge is -2.14. The first-order valence-corrected chi connectivity index (χ1v) is 12.0. The zero-order valence-corrected chi connectivity index (χ0v) is 19.7. The number of imide groups is 1. The minimum atomic E-state index is -4.22. The highest BCUT2D eigenvalue weighted by molar-refractivity contribution is 8.18. The number of thioether (sulfide) groups is 1. The summed E-state index contributed by atoms with van der Waals surface area (Å²) in [5, 5.41) is -0.642. The second-order valence-electron chi connectivity index (χ2n) is 6.80. The lowest BCUT2D eigenvalue weighted by atomic mass is 10.1. The first kappa shape index (κ1) is 24.3. The van der Waals surface area contributed by atoms with Gasteiger partial charge in [0.05, 0.1) is 18.6 Å². The van der Waals surface area contributed by atoms with Gasteiger partial charge in [-0.1, -0.05) is 29.8 Å². The maximum absolute atomic E-state index is 12.8. The Bertz CT molecular complexity index is 1220. The van der Waals surface area contributed by atoms with Crippen LogP contribution in [0.4, 0.5) is 4.79 Å². The number of para-hydroxylation sites is 1. The van der Waals surface area contributed by atoms with Crippen LogP contribution in [0.15, 0.2) is 52.3 Å². The van der Waals surface area contributed by atoms with Crippen molar-refractivity contribution in [2.45, 2.75) is 18.7 Å². The molecule has 2 aromatic carbocycles. The smallest absolute Gasteiger partial charge is 0.339 e. The van der Waals surface area contributed by atoms with E-state index in [9.17, 15) is 22.8 Å². The van der Waals surface area contributed by atoms with Gasteiger partial charge in [0, 0.05) is 5.56 Å². The molecule has 1 aliphatic heterocycles. The number of nitrogens with zero attached hydrogens (tertiary/aromatic N) is 1. The maximum Gasteiger partial charge on any atom is 0.339 e. The average Bonchev–Trinajstić information content (AvgIpc) is 3.02. The molecule has 0 saturated carbocycles. The molecule has 11 heteroatoms. The molecule has 2 amide bonds. The molecule has 9 nitrogen and oxygen atoms in total. The lowest BCUT2D eigenvalue weighted by Crippen LogP contribution is -2.34. The second-order valence-corrected chi connectivity index (χ2v) is 9.34. The van der Waals surface area contributed by atoms with Gasteiger partial charge in [0.2, 0.25) is 0 Å². The van der Waals surface area contributed by atoms with Crippen LogP contribution in [0.3, 0.4) is 0 Å². The SMILES string of the molecule is CCOC(=O)CN1C(=O)S/C(=C\c2cccc(OC)c2OS(=O)(=O)c2ccc(C)cc2)C1=O. The number of hydrogen-bond donors (Lipinski definition) is 0. The van der Waals surface area contributed by atoms with Crippen molar-refractivity contribution in [3.8, 4) is 11.5 Å². The van der Waals surface area contributed by atoms with Crippen molar-refractivity contribution in [3.05, 3.63) is 58.5 Å². The van der Waals surface area contributed by atoms with E-state index in [0.717, 1.165) is 10.5 Å². The number of carbonyl (C=O) groups excluding carboxylic acids is 3. The minimum absolute atomic E-state index is 0.00450. The van der Waals surface area contributed by atoms with Crippen LogP contribution in [0.25, 0.3) is 6.08 Å². The zero-order valence-electron chi connectivity index (χ0n) is 18.1. The Morgan fingerprint density at radius 1 is 1.12 bits per heavy atom. The van der Waals surface area contributed by atoms with Crippen LogP contribution in [0.5, 0.6) is 11.5 Å². The van der Waals surface area contributed by atoms with Gasteiger partial charge in [-0.25, -0.2) is 0 Å². The summed E-state index contributed by atoms with van der Waals surface area (Å²) in [7, 11) is -2.87. The fourth-order valence-corrected chi connectivity index (χ4v) is 4.66. The Morgan fingerprint density at radius 3 is 2.45 bits per heavy atom. The van der Waals surface area contributed by atoms with E-state index in [0.29, 0.717) is 11.8 Å². The molecule has 0 aliphatic carbocycles. The summed E-state index contributed by atoms with van der Waals surface area (Å²) >= 11 is 0.620. The number of methoxy groups -OCH3 is 1. The predicted octanol–water partition coefficient (Wildman–Crippen LogP) is 3.37. The van der Waals surface area contributed by atoms with E-state index in [-0.39, 0.29) is 33.5 Å². The number of benzene rings is 2. The van der Waals surface area contributed by atoms with Crippen molar-refractivity contribution in [1.82, 2.24) is 4.90 Å². The van der Waals surface area contributed by atoms with Crippen molar-refractivity contribution in [2.24, 2.45) is 0 Å². The van der Waals surface area contributed by atoms with Crippen molar-refractivity contribution in [1.29, 1.82) is 0 Å². The average molecular weight is 492 g/mol. The Morgan fingerprint density at radius 2 is 1.82 bits per heavy atom. The molecule has 1 heterocycles. The fourth-order valence-electron chi connectivity index (χ4n) is 2.87. The van der Waals surface area contributed by atoms with Crippen LogP contribution in [-0.4, -0.2) is 50.7 Å². The molecule has 1 fully saturated rings. The van der Waals surface area contributed by atoms with Gasteiger partial charge in [-0.15, -0.1) is 0 Å². The molecule has 174 valence electrons. The summed E-state index contributed by atoms with van der Waals surface area (Å²) in [5.41, 5.74) is 1.08. The normalized spacial score (nSPS) is 15.1. The van der Waals surface area contributed by atoms with E-state index >= 15 is 0 Å². The molecular weight excluding hydrogens is 470 g/mol. The van der Waals surface area contributed by atoms with Gasteiger partial charge in [0.1, 0.15) is 11.4 Å². The number of amides is 2. The highest BCUT2D eigenvalue weighted by atomic mass is 32.2. The van der Waals surface area contributed by atoms with Gasteiger partial charge >= 0.3 is 16.1 Å². The van der Waals surface area contributed by atoms with Gasteiger partial charge in [0.25, 0.3) is 11.1 Å². The molecule has 0 bridgehead atoms. The summed E-state index contributed by atoms with van der Waals surface area (Å²) < 4.78 is 41.1. The highest BCUT2D eigenvalue weighted by Crippen LogP contribution is 2.38. The second kappa shape index (κ2) is 10.1. The standard InChI is InChI=1S/C22H21NO8S2/c1-4-30-19(24)13-23-21(25)18(32-22(23)26)12-15-6-5-7-17(29-3)20(15)31-33(27,28)16-10-8-14(2)9-11-16/h5-12H,4,13H2,1-3H3/b18-12-. The molecule has 3 rings (SSSR count). The van der Waals surface area contributed by atoms with Gasteiger partial charge in [-0.05, 0) is 49.9 Å². The summed E-state index contributed by atoms with van der Waals surface area (Å²) in [4.78, 5) is 37.3. The monoisotopic (exact) mass is 491 g/mol. The number of hydrogen-bond acceptors (Lipinski definition) is 9. The van der Waals surface area contributed by atoms with Gasteiger partial charge < -0.3 is 13.7 Å². The predicted molar refractivity (Wildman–Crippen MR) is 121 cm³/mol. The van der Waals surface area contributed by atoms with Crippen LogP contribution in [0.2, 0.25) is 0 Å². The van der Waals surface area contributed by atoms with Crippen LogP contribution < -0.4 is 8.92 Å². The van der Waals surface area contributed by atoms with E-state index in [1.807, 2.05) is 6.92 Å². The molecular formula is C22H21NO8S2. The Hall–Kier alpha value is -3.31. The molecule has 1 saturated heterocycles. The Labute approximate surface area is 195 Å². The van der Waals surface area contributed by atoms with E-state index < -0.39 is 33.8 Å². The van der Waals surface area contributed by atoms with Crippen molar-refractivity contribution < 1.29 is 36.5 Å². The number of rotatable bonds is 8. The third-order valence-corrected chi connectivity index (χ3v) is 6.63. The van der Waals surface area contributed by atoms with Crippen LogP contribution in [0.1, 0.15) is 18.1 Å². The quantitative estimate of drug-likeness (QED) is 0.311. The Balaban J connectivity index is 1.96. The third-order valence-electron chi connectivity index (χ3n) is 4.48. The summed E-state index contributed by atoms with van der Waals surface area (Å²) in [6.45, 7) is 3.04. The summed E-state index contributed by atoms with van der Waals surface area (Å²) in [5.74, 6) is -1.44. The summed E-state index contributed by atoms with van der Waals surface area (Å²) in [6, 6.07) is 10.7. The fraction of sp³-hybridized carbons (Fsp3) is 0.227. The van der Waals surface area contributed by atoms with E-state index in [4.69, 9.17) is 13.7 Å². The largest absolute Gasteiger partial charge is 0.493 e. The number of esters is 1. The number of aryl methyl sites for hydroxylation is 1. The van der Waals surface area contributed by atoms with E-state index in [1.54, 1.807) is 25.1 Å². The molecule has 1 aliphatic rings. The molecule has 0 radical (unpaired) electrons. The van der Waals surface area contributed by atoms with Gasteiger partial charge in [-0.3, -0.25) is 19.3 Å². The van der Waals surface area contributed by atoms with Gasteiger partial charge in [0.15, 0.2) is 11.5 Å². The first-order chi connectivity index (χ1) is 15.7.